The van der Waals surface area contributed by atoms with E-state index >= 15 is 0 Å². The molecule has 1 N–H and O–H groups in total. The summed E-state index contributed by atoms with van der Waals surface area (Å²) in [7, 11) is 0. The van der Waals surface area contributed by atoms with E-state index in [0.29, 0.717) is 13.7 Å². The number of aliphatic hydroxyl groups is 1. The van der Waals surface area contributed by atoms with Gasteiger partial charge in [0.2, 0.25) is 0 Å². The van der Waals surface area contributed by atoms with E-state index in [2.05, 4.69) is 15.9 Å². The Morgan fingerprint density at radius 1 is 1.22 bits per heavy atom. The summed E-state index contributed by atoms with van der Waals surface area (Å²) in [6.45, 7) is 0. The maximum Gasteiger partial charge on any atom is 0.194 e. The second-order valence-electron chi connectivity index (χ2n) is 3.44. The summed E-state index contributed by atoms with van der Waals surface area (Å²) in [6.07, 6.45) is -1.39. The van der Waals surface area contributed by atoms with Crippen molar-refractivity contribution in [2.24, 2.45) is 0 Å². The highest BCUT2D eigenvalue weighted by molar-refractivity contribution is 9.11. The van der Waals surface area contributed by atoms with Gasteiger partial charge in [-0.3, -0.25) is 0 Å². The lowest BCUT2D eigenvalue weighted by atomic mass is 10.1. The molecule has 1 aromatic heterocycles. The quantitative estimate of drug-likeness (QED) is 0.775. The molecule has 0 radical (unpaired) electrons. The number of benzene rings is 1. The summed E-state index contributed by atoms with van der Waals surface area (Å²) >= 11 is 10.0. The van der Waals surface area contributed by atoms with Crippen LogP contribution in [0.4, 0.5) is 13.2 Å². The van der Waals surface area contributed by atoms with E-state index < -0.39 is 23.6 Å². The van der Waals surface area contributed by atoms with E-state index in [1.54, 1.807) is 0 Å². The first-order valence-electron chi connectivity index (χ1n) is 4.68. The average molecular weight is 358 g/mol. The normalized spacial score (nSPS) is 12.8. The molecule has 0 amide bonds. The summed E-state index contributed by atoms with van der Waals surface area (Å²) in [5.74, 6) is -4.30. The SMILES string of the molecule is OC(c1cc(Cl)c(Br)s1)c1ccc(F)c(F)c1F. The van der Waals surface area contributed by atoms with E-state index in [-0.39, 0.29) is 5.56 Å². The Morgan fingerprint density at radius 2 is 1.89 bits per heavy atom. The van der Waals surface area contributed by atoms with Crippen molar-refractivity contribution < 1.29 is 18.3 Å². The van der Waals surface area contributed by atoms with Crippen LogP contribution in [-0.2, 0) is 0 Å². The molecule has 96 valence electrons. The fourth-order valence-corrected chi connectivity index (χ4v) is 3.16. The van der Waals surface area contributed by atoms with Crippen molar-refractivity contribution in [3.05, 3.63) is 54.9 Å². The topological polar surface area (TPSA) is 20.2 Å². The Hall–Kier alpha value is -0.560. The highest BCUT2D eigenvalue weighted by atomic mass is 79.9. The molecule has 0 aliphatic carbocycles. The van der Waals surface area contributed by atoms with Gasteiger partial charge >= 0.3 is 0 Å². The minimum atomic E-state index is -1.60. The molecule has 0 saturated heterocycles. The summed E-state index contributed by atoms with van der Waals surface area (Å²) in [6, 6.07) is 3.20. The Bertz CT molecular complexity index is 583. The van der Waals surface area contributed by atoms with Crippen molar-refractivity contribution in [1.82, 2.24) is 0 Å². The van der Waals surface area contributed by atoms with Gasteiger partial charge in [0.1, 0.15) is 6.10 Å². The molecule has 1 unspecified atom stereocenters. The van der Waals surface area contributed by atoms with Gasteiger partial charge in [0.05, 0.1) is 8.81 Å². The number of thiophene rings is 1. The lowest BCUT2D eigenvalue weighted by molar-refractivity contribution is 0.216. The van der Waals surface area contributed by atoms with Crippen molar-refractivity contribution in [3.63, 3.8) is 0 Å². The Morgan fingerprint density at radius 3 is 2.44 bits per heavy atom. The van der Waals surface area contributed by atoms with Crippen molar-refractivity contribution in [2.45, 2.75) is 6.10 Å². The zero-order chi connectivity index (χ0) is 13.4. The van der Waals surface area contributed by atoms with Crippen LogP contribution in [0, 0.1) is 17.5 Å². The Kier molecular flexibility index (Phi) is 4.01. The van der Waals surface area contributed by atoms with Gasteiger partial charge in [-0.2, -0.15) is 0 Å². The molecule has 2 rings (SSSR count). The first-order chi connectivity index (χ1) is 8.41. The molecular weight excluding hydrogens is 353 g/mol. The molecule has 0 spiro atoms. The van der Waals surface area contributed by atoms with E-state index in [9.17, 15) is 18.3 Å². The number of hydrogen-bond acceptors (Lipinski definition) is 2. The molecule has 1 atom stereocenters. The summed E-state index contributed by atoms with van der Waals surface area (Å²) in [5.41, 5.74) is -0.334. The molecular formula is C11H5BrClF3OS. The van der Waals surface area contributed by atoms with Crippen LogP contribution in [-0.4, -0.2) is 5.11 Å². The number of rotatable bonds is 2. The van der Waals surface area contributed by atoms with Crippen LogP contribution in [0.1, 0.15) is 16.5 Å². The second kappa shape index (κ2) is 5.21. The highest BCUT2D eigenvalue weighted by Gasteiger charge is 2.22. The molecule has 1 nitrogen and oxygen atoms in total. The third-order valence-electron chi connectivity index (χ3n) is 2.29. The van der Waals surface area contributed by atoms with Crippen molar-refractivity contribution in [3.8, 4) is 0 Å². The molecule has 18 heavy (non-hydrogen) atoms. The number of hydrogen-bond donors (Lipinski definition) is 1. The van der Waals surface area contributed by atoms with Crippen molar-refractivity contribution >= 4 is 38.9 Å². The maximum atomic E-state index is 13.5. The molecule has 2 aromatic rings. The summed E-state index contributed by atoms with van der Waals surface area (Å²) < 4.78 is 39.9. The lowest BCUT2D eigenvalue weighted by Crippen LogP contribution is -2.04. The van der Waals surface area contributed by atoms with Crippen LogP contribution in [0.2, 0.25) is 5.02 Å². The van der Waals surface area contributed by atoms with Crippen LogP contribution in [0.5, 0.6) is 0 Å². The minimum absolute atomic E-state index is 0.330. The molecule has 1 heterocycles. The fraction of sp³-hybridized carbons (Fsp3) is 0.0909. The van der Waals surface area contributed by atoms with Gasteiger partial charge in [0.15, 0.2) is 17.5 Å². The molecule has 1 aromatic carbocycles. The zero-order valence-corrected chi connectivity index (χ0v) is 11.7. The molecule has 0 bridgehead atoms. The van der Waals surface area contributed by atoms with Gasteiger partial charge in [-0.25, -0.2) is 13.2 Å². The van der Waals surface area contributed by atoms with Gasteiger partial charge in [0, 0.05) is 10.4 Å². The van der Waals surface area contributed by atoms with Gasteiger partial charge in [-0.1, -0.05) is 11.6 Å². The maximum absolute atomic E-state index is 13.5. The van der Waals surface area contributed by atoms with E-state index in [4.69, 9.17) is 11.6 Å². The highest BCUT2D eigenvalue weighted by Crippen LogP contribution is 2.38. The minimum Gasteiger partial charge on any atom is -0.383 e. The first kappa shape index (κ1) is 13.9. The third-order valence-corrected chi connectivity index (χ3v) is 4.82. The van der Waals surface area contributed by atoms with Gasteiger partial charge in [-0.15, -0.1) is 11.3 Å². The molecule has 0 aliphatic rings. The van der Waals surface area contributed by atoms with Gasteiger partial charge < -0.3 is 5.11 Å². The number of halogens is 5. The van der Waals surface area contributed by atoms with Crippen LogP contribution in [0.3, 0.4) is 0 Å². The summed E-state index contributed by atoms with van der Waals surface area (Å²) in [5, 5.41) is 10.3. The Labute approximate surface area is 118 Å². The summed E-state index contributed by atoms with van der Waals surface area (Å²) in [4.78, 5) is 0.330. The monoisotopic (exact) mass is 356 g/mol. The standard InChI is InChI=1S/C11H5BrClF3OS/c12-11-5(13)3-7(18-11)10(17)4-1-2-6(14)9(16)8(4)15/h1-3,10,17H. The van der Waals surface area contributed by atoms with Gasteiger partial charge in [0.25, 0.3) is 0 Å². The molecule has 0 saturated carbocycles. The predicted molar refractivity (Wildman–Crippen MR) is 67.4 cm³/mol. The van der Waals surface area contributed by atoms with Crippen LogP contribution >= 0.6 is 38.9 Å². The molecule has 7 heteroatoms. The zero-order valence-electron chi connectivity index (χ0n) is 8.55. The van der Waals surface area contributed by atoms with E-state index in [1.807, 2.05) is 0 Å². The number of aliphatic hydroxyl groups excluding tert-OH is 1. The lowest BCUT2D eigenvalue weighted by Gasteiger charge is -2.10. The van der Waals surface area contributed by atoms with Crippen LogP contribution in [0.15, 0.2) is 22.0 Å². The van der Waals surface area contributed by atoms with Gasteiger partial charge in [-0.05, 0) is 34.1 Å². The fourth-order valence-electron chi connectivity index (χ4n) is 1.40. The first-order valence-corrected chi connectivity index (χ1v) is 6.66. The second-order valence-corrected chi connectivity index (χ2v) is 6.25. The van der Waals surface area contributed by atoms with E-state index in [0.717, 1.165) is 23.5 Å². The third kappa shape index (κ3) is 2.42. The average Bonchev–Trinajstić information content (AvgIpc) is 2.66. The van der Waals surface area contributed by atoms with Crippen molar-refractivity contribution in [1.29, 1.82) is 0 Å². The van der Waals surface area contributed by atoms with Crippen LogP contribution in [0.25, 0.3) is 0 Å². The Balaban J connectivity index is 2.46. The molecule has 0 aliphatic heterocycles. The van der Waals surface area contributed by atoms with E-state index in [1.165, 1.54) is 6.07 Å². The van der Waals surface area contributed by atoms with Crippen molar-refractivity contribution in [2.75, 3.05) is 0 Å². The molecule has 0 fully saturated rings. The predicted octanol–water partition coefficient (Wildman–Crippen LogP) is 4.66. The van der Waals surface area contributed by atoms with Crippen LogP contribution < -0.4 is 0 Å². The smallest absolute Gasteiger partial charge is 0.194 e. The largest absolute Gasteiger partial charge is 0.383 e.